The Morgan fingerprint density at radius 1 is 1.10 bits per heavy atom. The van der Waals surface area contributed by atoms with Crippen molar-refractivity contribution >= 4 is 17.4 Å². The number of likely N-dealkylation sites (tertiary alicyclic amines) is 1. The monoisotopic (exact) mass is 416 g/mol. The molecule has 156 valence electrons. The first-order valence-corrected chi connectivity index (χ1v) is 9.60. The van der Waals surface area contributed by atoms with Gasteiger partial charge in [-0.1, -0.05) is 30.3 Å². The molecule has 1 aliphatic heterocycles. The summed E-state index contributed by atoms with van der Waals surface area (Å²) in [6.45, 7) is 0.138. The van der Waals surface area contributed by atoms with Gasteiger partial charge in [0, 0.05) is 24.5 Å². The number of ether oxygens (including phenoxy) is 1. The van der Waals surface area contributed by atoms with Crippen molar-refractivity contribution in [1.82, 2.24) is 9.88 Å². The molecule has 1 saturated heterocycles. The molecule has 1 amide bonds. The third-order valence-electron chi connectivity index (χ3n) is 5.17. The first-order valence-electron chi connectivity index (χ1n) is 9.60. The van der Waals surface area contributed by atoms with Gasteiger partial charge in [0.1, 0.15) is 17.3 Å². The molecule has 0 spiro atoms. The number of pyridine rings is 1. The SMILES string of the molecule is COc1cccc(/C(O)=C2\C(=O)C(=O)N(Cc3cccnc3)C2c2ccc(O)cc2)c1. The van der Waals surface area contributed by atoms with Crippen molar-refractivity contribution in [2.24, 2.45) is 0 Å². The lowest BCUT2D eigenvalue weighted by Crippen LogP contribution is -2.29. The summed E-state index contributed by atoms with van der Waals surface area (Å²) in [5, 5.41) is 20.7. The second-order valence-corrected chi connectivity index (χ2v) is 7.11. The zero-order valence-corrected chi connectivity index (χ0v) is 16.7. The summed E-state index contributed by atoms with van der Waals surface area (Å²) < 4.78 is 5.21. The van der Waals surface area contributed by atoms with E-state index in [0.29, 0.717) is 16.9 Å². The number of nitrogens with zero attached hydrogens (tertiary/aromatic N) is 2. The van der Waals surface area contributed by atoms with Crippen molar-refractivity contribution in [2.45, 2.75) is 12.6 Å². The molecule has 2 N–H and O–H groups in total. The zero-order chi connectivity index (χ0) is 22.0. The predicted octanol–water partition coefficient (Wildman–Crippen LogP) is 3.42. The minimum Gasteiger partial charge on any atom is -0.508 e. The van der Waals surface area contributed by atoms with Gasteiger partial charge in [0.15, 0.2) is 0 Å². The molecule has 0 saturated carbocycles. The third kappa shape index (κ3) is 3.85. The Morgan fingerprint density at radius 2 is 1.87 bits per heavy atom. The van der Waals surface area contributed by atoms with Crippen molar-refractivity contribution in [3.05, 3.63) is 95.3 Å². The number of aliphatic hydroxyl groups is 1. The van der Waals surface area contributed by atoms with Crippen LogP contribution in [0.25, 0.3) is 5.76 Å². The Hall–Kier alpha value is -4.13. The largest absolute Gasteiger partial charge is 0.508 e. The molecule has 0 aliphatic carbocycles. The molecule has 1 fully saturated rings. The smallest absolute Gasteiger partial charge is 0.295 e. The molecule has 1 unspecified atom stereocenters. The number of phenols is 1. The first kappa shape index (κ1) is 20.2. The minimum atomic E-state index is -0.827. The number of aromatic hydroxyl groups is 1. The van der Waals surface area contributed by atoms with Crippen LogP contribution in [0.1, 0.15) is 22.7 Å². The highest BCUT2D eigenvalue weighted by molar-refractivity contribution is 6.46. The topological polar surface area (TPSA) is 100.0 Å². The summed E-state index contributed by atoms with van der Waals surface area (Å²) in [4.78, 5) is 31.5. The van der Waals surface area contributed by atoms with Crippen molar-refractivity contribution in [3.63, 3.8) is 0 Å². The van der Waals surface area contributed by atoms with E-state index in [1.807, 2.05) is 6.07 Å². The quantitative estimate of drug-likeness (QED) is 0.376. The number of carbonyl (C=O) groups excluding carboxylic acids is 2. The number of aliphatic hydroxyl groups excluding tert-OH is 1. The Labute approximate surface area is 178 Å². The highest BCUT2D eigenvalue weighted by atomic mass is 16.5. The second kappa shape index (κ2) is 8.31. The van der Waals surface area contributed by atoms with Crippen LogP contribution in [0.5, 0.6) is 11.5 Å². The van der Waals surface area contributed by atoms with E-state index in [-0.39, 0.29) is 23.6 Å². The zero-order valence-electron chi connectivity index (χ0n) is 16.7. The fourth-order valence-corrected chi connectivity index (χ4v) is 3.66. The van der Waals surface area contributed by atoms with E-state index < -0.39 is 17.7 Å². The lowest BCUT2D eigenvalue weighted by atomic mass is 9.95. The van der Waals surface area contributed by atoms with E-state index >= 15 is 0 Å². The summed E-state index contributed by atoms with van der Waals surface area (Å²) in [5.41, 5.74) is 1.68. The van der Waals surface area contributed by atoms with Gasteiger partial charge in [-0.05, 0) is 41.5 Å². The van der Waals surface area contributed by atoms with Gasteiger partial charge in [-0.3, -0.25) is 14.6 Å². The number of amides is 1. The number of carbonyl (C=O) groups is 2. The van der Waals surface area contributed by atoms with Crippen LogP contribution in [0.3, 0.4) is 0 Å². The second-order valence-electron chi connectivity index (χ2n) is 7.11. The van der Waals surface area contributed by atoms with Gasteiger partial charge in [0.25, 0.3) is 11.7 Å². The van der Waals surface area contributed by atoms with E-state index in [9.17, 15) is 19.8 Å². The van der Waals surface area contributed by atoms with Gasteiger partial charge in [-0.25, -0.2) is 0 Å². The Bertz CT molecular complexity index is 1160. The van der Waals surface area contributed by atoms with E-state index in [1.165, 1.54) is 24.1 Å². The van der Waals surface area contributed by atoms with E-state index in [0.717, 1.165) is 5.56 Å². The molecule has 1 aliphatic rings. The fourth-order valence-electron chi connectivity index (χ4n) is 3.66. The number of rotatable bonds is 5. The van der Waals surface area contributed by atoms with Crippen molar-refractivity contribution < 1.29 is 24.5 Å². The molecular formula is C24H20N2O5. The molecule has 1 atom stereocenters. The summed E-state index contributed by atoms with van der Waals surface area (Å²) in [5.74, 6) is -1.21. The number of methoxy groups -OCH3 is 1. The Balaban J connectivity index is 1.86. The summed E-state index contributed by atoms with van der Waals surface area (Å²) in [7, 11) is 1.50. The maximum atomic E-state index is 13.0. The van der Waals surface area contributed by atoms with Gasteiger partial charge in [-0.2, -0.15) is 0 Å². The average molecular weight is 416 g/mol. The van der Waals surface area contributed by atoms with Crippen LogP contribution in [0.4, 0.5) is 0 Å². The number of hydrogen-bond donors (Lipinski definition) is 2. The number of benzene rings is 2. The van der Waals surface area contributed by atoms with E-state index in [2.05, 4.69) is 4.98 Å². The van der Waals surface area contributed by atoms with Crippen molar-refractivity contribution in [1.29, 1.82) is 0 Å². The molecule has 0 radical (unpaired) electrons. The maximum Gasteiger partial charge on any atom is 0.295 e. The van der Waals surface area contributed by atoms with Crippen LogP contribution in [-0.4, -0.2) is 38.9 Å². The van der Waals surface area contributed by atoms with Gasteiger partial charge >= 0.3 is 0 Å². The molecule has 2 aromatic carbocycles. The average Bonchev–Trinajstić information content (AvgIpc) is 3.05. The van der Waals surface area contributed by atoms with Gasteiger partial charge < -0.3 is 19.8 Å². The number of aromatic nitrogens is 1. The number of ketones is 1. The van der Waals surface area contributed by atoms with Crippen LogP contribution in [0.2, 0.25) is 0 Å². The summed E-state index contributed by atoms with van der Waals surface area (Å²) in [6.07, 6.45) is 3.24. The molecule has 7 nitrogen and oxygen atoms in total. The maximum absolute atomic E-state index is 13.0. The fraction of sp³-hybridized carbons (Fsp3) is 0.125. The van der Waals surface area contributed by atoms with Crippen LogP contribution in [0, 0.1) is 0 Å². The lowest BCUT2D eigenvalue weighted by Gasteiger charge is -2.25. The Morgan fingerprint density at radius 3 is 2.55 bits per heavy atom. The summed E-state index contributed by atoms with van der Waals surface area (Å²) in [6, 6.07) is 15.6. The third-order valence-corrected chi connectivity index (χ3v) is 5.17. The number of Topliss-reactive ketones (excluding diaryl/α,β-unsaturated/α-hetero) is 1. The number of phenolic OH excluding ortho intramolecular Hbond substituents is 1. The lowest BCUT2D eigenvalue weighted by molar-refractivity contribution is -0.140. The molecular weight excluding hydrogens is 396 g/mol. The van der Waals surface area contributed by atoms with E-state index in [4.69, 9.17) is 4.74 Å². The van der Waals surface area contributed by atoms with Gasteiger partial charge in [-0.15, -0.1) is 0 Å². The Kier molecular flexibility index (Phi) is 5.41. The minimum absolute atomic E-state index is 0.0205. The predicted molar refractivity (Wildman–Crippen MR) is 113 cm³/mol. The molecule has 3 aromatic rings. The van der Waals surface area contributed by atoms with Crippen molar-refractivity contribution in [2.75, 3.05) is 7.11 Å². The summed E-state index contributed by atoms with van der Waals surface area (Å²) >= 11 is 0. The normalized spacial score (nSPS) is 17.7. The highest BCUT2D eigenvalue weighted by Gasteiger charge is 2.46. The van der Waals surface area contributed by atoms with Crippen LogP contribution in [-0.2, 0) is 16.1 Å². The number of hydrogen-bond acceptors (Lipinski definition) is 6. The van der Waals surface area contributed by atoms with Gasteiger partial charge in [0.05, 0.1) is 18.7 Å². The first-order chi connectivity index (χ1) is 15.0. The molecule has 31 heavy (non-hydrogen) atoms. The molecule has 0 bridgehead atoms. The van der Waals surface area contributed by atoms with Crippen molar-refractivity contribution in [3.8, 4) is 11.5 Å². The molecule has 1 aromatic heterocycles. The standard InChI is InChI=1S/C24H20N2O5/c1-31-19-6-2-5-17(12-19)22(28)20-21(16-7-9-18(27)10-8-16)26(24(30)23(20)29)14-15-4-3-11-25-13-15/h2-13,21,27-28H,14H2,1H3/b22-20+. The molecule has 2 heterocycles. The molecule has 4 rings (SSSR count). The highest BCUT2D eigenvalue weighted by Crippen LogP contribution is 2.40. The van der Waals surface area contributed by atoms with Crippen LogP contribution >= 0.6 is 0 Å². The van der Waals surface area contributed by atoms with Crippen LogP contribution in [0.15, 0.2) is 78.6 Å². The van der Waals surface area contributed by atoms with Gasteiger partial charge in [0.2, 0.25) is 0 Å². The van der Waals surface area contributed by atoms with E-state index in [1.54, 1.807) is 54.9 Å². The van der Waals surface area contributed by atoms with Crippen LogP contribution < -0.4 is 4.74 Å². The molecule has 7 heteroatoms.